The SMILES string of the molecule is CCN(C)CCC(=O)N1CCC(c2ccc3[nH]c(-c4cc(C)/c(=N/N)n(N)c4)c(C(C)C)c3c2)CC1. The number of pyridine rings is 1. The number of H-pyrrole nitrogens is 1. The third-order valence-corrected chi connectivity index (χ3v) is 7.66. The lowest BCUT2D eigenvalue weighted by molar-refractivity contribution is -0.132. The van der Waals surface area contributed by atoms with E-state index >= 15 is 0 Å². The van der Waals surface area contributed by atoms with Crippen molar-refractivity contribution in [1.82, 2.24) is 19.5 Å². The number of rotatable bonds is 7. The average molecular weight is 492 g/mol. The first-order valence-electron chi connectivity index (χ1n) is 13.1. The molecule has 0 radical (unpaired) electrons. The number of hydrogen-bond acceptors (Lipinski definition) is 5. The molecule has 1 fully saturated rings. The molecular formula is C28H41N7O. The van der Waals surface area contributed by atoms with E-state index in [0.717, 1.165) is 61.4 Å². The van der Waals surface area contributed by atoms with Crippen molar-refractivity contribution in [2.75, 3.05) is 39.1 Å². The van der Waals surface area contributed by atoms with Crippen LogP contribution in [0.1, 0.15) is 68.6 Å². The molecule has 8 heteroatoms. The van der Waals surface area contributed by atoms with Gasteiger partial charge in [0.1, 0.15) is 0 Å². The Morgan fingerprint density at radius 3 is 2.58 bits per heavy atom. The zero-order valence-corrected chi connectivity index (χ0v) is 22.3. The summed E-state index contributed by atoms with van der Waals surface area (Å²) in [5.74, 6) is 12.8. The van der Waals surface area contributed by atoms with Gasteiger partial charge in [0.25, 0.3) is 0 Å². The number of nitrogens with two attached hydrogens (primary N) is 2. The van der Waals surface area contributed by atoms with E-state index in [9.17, 15) is 4.79 Å². The number of piperidine rings is 1. The fourth-order valence-electron chi connectivity index (χ4n) is 5.43. The predicted molar refractivity (Wildman–Crippen MR) is 147 cm³/mol. The molecule has 3 heterocycles. The topological polar surface area (TPSA) is 109 Å². The van der Waals surface area contributed by atoms with Gasteiger partial charge in [-0.05, 0) is 80.1 Å². The third kappa shape index (κ3) is 5.14. The molecule has 1 saturated heterocycles. The fraction of sp³-hybridized carbons (Fsp3) is 0.500. The lowest BCUT2D eigenvalue weighted by Crippen LogP contribution is -2.39. The summed E-state index contributed by atoms with van der Waals surface area (Å²) >= 11 is 0. The van der Waals surface area contributed by atoms with Gasteiger partial charge in [0.15, 0.2) is 5.49 Å². The molecule has 0 saturated carbocycles. The number of nitrogens with one attached hydrogen (secondary N) is 1. The Labute approximate surface area is 213 Å². The number of nitrogen functional groups attached to an aromatic ring is 1. The molecule has 2 aromatic heterocycles. The maximum absolute atomic E-state index is 12.7. The van der Waals surface area contributed by atoms with E-state index in [1.54, 1.807) is 0 Å². The Morgan fingerprint density at radius 2 is 1.97 bits per heavy atom. The molecule has 1 aliphatic rings. The minimum atomic E-state index is 0.280. The number of carbonyl (C=O) groups is 1. The number of aryl methyl sites for hydroxylation is 1. The second kappa shape index (κ2) is 10.8. The van der Waals surface area contributed by atoms with Crippen LogP contribution in [-0.4, -0.2) is 58.6 Å². The standard InChI is InChI=1S/C28H41N7O/c1-6-33(5)12-11-25(36)34-13-9-20(10-14-34)21-7-8-24-23(16-21)26(18(2)3)27(31-24)22-15-19(4)28(32-29)35(30)17-22/h7-8,15-18,20,31H,6,9-14,29-30H2,1-5H3/b32-28-. The first-order valence-corrected chi connectivity index (χ1v) is 13.1. The summed E-state index contributed by atoms with van der Waals surface area (Å²) in [4.78, 5) is 20.5. The van der Waals surface area contributed by atoms with Gasteiger partial charge in [-0.15, -0.1) is 0 Å². The Kier molecular flexibility index (Phi) is 7.73. The summed E-state index contributed by atoms with van der Waals surface area (Å²) in [6.45, 7) is 12.0. The molecule has 1 aromatic carbocycles. The molecule has 36 heavy (non-hydrogen) atoms. The van der Waals surface area contributed by atoms with Crippen molar-refractivity contribution in [2.24, 2.45) is 10.9 Å². The van der Waals surface area contributed by atoms with E-state index in [-0.39, 0.29) is 5.91 Å². The number of nitrogens with zero attached hydrogens (tertiary/aromatic N) is 4. The monoisotopic (exact) mass is 491 g/mol. The van der Waals surface area contributed by atoms with Gasteiger partial charge in [0.2, 0.25) is 5.91 Å². The maximum Gasteiger partial charge on any atom is 0.223 e. The number of fused-ring (bicyclic) bond motifs is 1. The van der Waals surface area contributed by atoms with Gasteiger partial charge in [-0.3, -0.25) is 9.47 Å². The van der Waals surface area contributed by atoms with Crippen molar-refractivity contribution in [1.29, 1.82) is 0 Å². The summed E-state index contributed by atoms with van der Waals surface area (Å²) in [7, 11) is 2.06. The van der Waals surface area contributed by atoms with Gasteiger partial charge in [-0.2, -0.15) is 5.10 Å². The van der Waals surface area contributed by atoms with Crippen LogP contribution in [0.2, 0.25) is 0 Å². The molecule has 5 N–H and O–H groups in total. The molecule has 0 unspecified atom stereocenters. The highest BCUT2D eigenvalue weighted by atomic mass is 16.2. The highest BCUT2D eigenvalue weighted by molar-refractivity contribution is 5.92. The minimum absolute atomic E-state index is 0.280. The number of carbonyl (C=O) groups excluding carboxylic acids is 1. The quantitative estimate of drug-likeness (QED) is 0.347. The summed E-state index contributed by atoms with van der Waals surface area (Å²) < 4.78 is 1.49. The highest BCUT2D eigenvalue weighted by Crippen LogP contribution is 2.38. The highest BCUT2D eigenvalue weighted by Gasteiger charge is 2.25. The second-order valence-corrected chi connectivity index (χ2v) is 10.4. The number of aromatic nitrogens is 2. The zero-order chi connectivity index (χ0) is 26.0. The third-order valence-electron chi connectivity index (χ3n) is 7.66. The fourth-order valence-corrected chi connectivity index (χ4v) is 5.43. The van der Waals surface area contributed by atoms with Crippen LogP contribution in [0.25, 0.3) is 22.2 Å². The van der Waals surface area contributed by atoms with Crippen molar-refractivity contribution in [3.05, 3.63) is 52.6 Å². The molecular weight excluding hydrogens is 450 g/mol. The van der Waals surface area contributed by atoms with Crippen LogP contribution in [0.5, 0.6) is 0 Å². The number of likely N-dealkylation sites (tertiary alicyclic amines) is 1. The van der Waals surface area contributed by atoms with Gasteiger partial charge in [-0.25, -0.2) is 0 Å². The summed E-state index contributed by atoms with van der Waals surface area (Å²) in [5.41, 5.74) is 7.36. The van der Waals surface area contributed by atoms with Gasteiger partial charge in [0.05, 0.1) is 5.69 Å². The summed E-state index contributed by atoms with van der Waals surface area (Å²) in [5, 5.41) is 5.06. The van der Waals surface area contributed by atoms with E-state index in [2.05, 4.69) is 67.1 Å². The molecule has 0 aliphatic carbocycles. The van der Waals surface area contributed by atoms with Crippen molar-refractivity contribution in [3.63, 3.8) is 0 Å². The van der Waals surface area contributed by atoms with E-state index < -0.39 is 0 Å². The zero-order valence-electron chi connectivity index (χ0n) is 22.3. The minimum Gasteiger partial charge on any atom is -0.354 e. The van der Waals surface area contributed by atoms with Crippen LogP contribution in [0.3, 0.4) is 0 Å². The first kappa shape index (κ1) is 25.8. The Bertz CT molecular complexity index is 1270. The second-order valence-electron chi connectivity index (χ2n) is 10.4. The predicted octanol–water partition coefficient (Wildman–Crippen LogP) is 3.60. The van der Waals surface area contributed by atoms with Crippen molar-refractivity contribution >= 4 is 16.8 Å². The smallest absolute Gasteiger partial charge is 0.223 e. The molecule has 3 aromatic rings. The largest absolute Gasteiger partial charge is 0.354 e. The molecule has 0 spiro atoms. The van der Waals surface area contributed by atoms with Crippen LogP contribution in [0.15, 0.2) is 35.6 Å². The van der Waals surface area contributed by atoms with Gasteiger partial charge < -0.3 is 26.5 Å². The van der Waals surface area contributed by atoms with Gasteiger partial charge in [-0.1, -0.05) is 26.8 Å². The molecule has 8 nitrogen and oxygen atoms in total. The van der Waals surface area contributed by atoms with Crippen molar-refractivity contribution in [3.8, 4) is 11.3 Å². The van der Waals surface area contributed by atoms with Crippen LogP contribution in [-0.2, 0) is 4.79 Å². The molecule has 0 bridgehead atoms. The molecule has 4 rings (SSSR count). The number of benzene rings is 1. The molecule has 194 valence electrons. The molecule has 1 amide bonds. The number of amides is 1. The maximum atomic E-state index is 12.7. The van der Waals surface area contributed by atoms with Crippen LogP contribution < -0.4 is 17.2 Å². The van der Waals surface area contributed by atoms with E-state index in [0.29, 0.717) is 23.7 Å². The Morgan fingerprint density at radius 1 is 1.25 bits per heavy atom. The van der Waals surface area contributed by atoms with Crippen LogP contribution in [0, 0.1) is 6.92 Å². The molecule has 1 aliphatic heterocycles. The van der Waals surface area contributed by atoms with E-state index in [1.807, 2.05) is 18.0 Å². The number of hydrogen-bond donors (Lipinski definition) is 3. The van der Waals surface area contributed by atoms with Gasteiger partial charge >= 0.3 is 0 Å². The van der Waals surface area contributed by atoms with Crippen LogP contribution >= 0.6 is 0 Å². The Hall–Kier alpha value is -3.26. The summed E-state index contributed by atoms with van der Waals surface area (Å²) in [6, 6.07) is 8.88. The molecule has 0 atom stereocenters. The van der Waals surface area contributed by atoms with E-state index in [1.165, 1.54) is 21.2 Å². The normalized spacial score (nSPS) is 15.5. The number of aromatic amines is 1. The average Bonchev–Trinajstić information content (AvgIpc) is 3.26. The van der Waals surface area contributed by atoms with Crippen LogP contribution in [0.4, 0.5) is 0 Å². The lowest BCUT2D eigenvalue weighted by atomic mass is 9.87. The van der Waals surface area contributed by atoms with Crippen molar-refractivity contribution in [2.45, 2.75) is 58.8 Å². The first-order chi connectivity index (χ1) is 17.2. The lowest BCUT2D eigenvalue weighted by Gasteiger charge is -2.32. The van der Waals surface area contributed by atoms with Gasteiger partial charge in [0, 0.05) is 48.7 Å². The summed E-state index contributed by atoms with van der Waals surface area (Å²) in [6.07, 6.45) is 4.49. The van der Waals surface area contributed by atoms with E-state index in [4.69, 9.17) is 11.7 Å². The van der Waals surface area contributed by atoms with Crippen molar-refractivity contribution < 1.29 is 4.79 Å². The Balaban J connectivity index is 1.58.